The van der Waals surface area contributed by atoms with E-state index in [2.05, 4.69) is 0 Å². The molecule has 0 unspecified atom stereocenters. The van der Waals surface area contributed by atoms with Crippen molar-refractivity contribution < 1.29 is 13.2 Å². The van der Waals surface area contributed by atoms with Gasteiger partial charge in [0.15, 0.2) is 0 Å². The van der Waals surface area contributed by atoms with Crippen molar-refractivity contribution in [3.63, 3.8) is 0 Å². The van der Waals surface area contributed by atoms with E-state index in [4.69, 9.17) is 17.3 Å². The summed E-state index contributed by atoms with van der Waals surface area (Å²) in [6.07, 6.45) is -3.10. The highest BCUT2D eigenvalue weighted by Crippen LogP contribution is 2.36. The average molecular weight is 316 g/mol. The highest BCUT2D eigenvalue weighted by molar-refractivity contribution is 6.30. The number of nitrogens with two attached hydrogens (primary N) is 1. The smallest absolute Gasteiger partial charge is 0.324 e. The average Bonchev–Trinajstić information content (AvgIpc) is 2.24. The third kappa shape index (κ3) is 5.59. The van der Waals surface area contributed by atoms with Crippen LogP contribution in [-0.4, -0.2) is 0 Å². The molecule has 1 rings (SSSR count). The maximum atomic E-state index is 12.9. The number of halogens is 5. The molecule has 0 amide bonds. The van der Waals surface area contributed by atoms with Gasteiger partial charge in [-0.2, -0.15) is 13.2 Å². The monoisotopic (exact) mass is 315 g/mol. The van der Waals surface area contributed by atoms with Gasteiger partial charge in [0.05, 0.1) is 5.56 Å². The lowest BCUT2D eigenvalue weighted by Gasteiger charge is -2.19. The molecule has 6 heteroatoms. The van der Waals surface area contributed by atoms with E-state index in [1.807, 2.05) is 13.8 Å². The highest BCUT2D eigenvalue weighted by atomic mass is 35.5. The second-order valence-electron chi connectivity index (χ2n) is 4.81. The van der Waals surface area contributed by atoms with Gasteiger partial charge < -0.3 is 5.73 Å². The molecule has 0 aliphatic rings. The lowest BCUT2D eigenvalue weighted by atomic mass is 9.94. The Kier molecular flexibility index (Phi) is 7.19. The molecule has 0 radical (unpaired) electrons. The first-order chi connectivity index (χ1) is 8.21. The van der Waals surface area contributed by atoms with Crippen LogP contribution in [0.5, 0.6) is 0 Å². The molecule has 0 saturated heterocycles. The van der Waals surface area contributed by atoms with Gasteiger partial charge in [-0.25, -0.2) is 0 Å². The summed E-state index contributed by atoms with van der Waals surface area (Å²) in [5.41, 5.74) is 5.24. The molecule has 19 heavy (non-hydrogen) atoms. The molecular weight excluding hydrogens is 298 g/mol. The number of rotatable bonds is 4. The molecule has 0 aromatic heterocycles. The van der Waals surface area contributed by atoms with Crippen LogP contribution >= 0.6 is 24.0 Å². The van der Waals surface area contributed by atoms with E-state index < -0.39 is 17.8 Å². The predicted molar refractivity (Wildman–Crippen MR) is 74.7 cm³/mol. The van der Waals surface area contributed by atoms with Crippen molar-refractivity contribution >= 4 is 24.0 Å². The normalized spacial score (nSPS) is 13.3. The molecule has 1 nitrogen and oxygen atoms in total. The lowest BCUT2D eigenvalue weighted by Crippen LogP contribution is -2.18. The van der Waals surface area contributed by atoms with Gasteiger partial charge in [-0.1, -0.05) is 31.5 Å². The van der Waals surface area contributed by atoms with Crippen molar-refractivity contribution in [2.24, 2.45) is 11.7 Å². The Morgan fingerprint density at radius 2 is 1.79 bits per heavy atom. The van der Waals surface area contributed by atoms with E-state index >= 15 is 0 Å². The molecule has 0 saturated carbocycles. The molecule has 0 aliphatic heterocycles. The summed E-state index contributed by atoms with van der Waals surface area (Å²) in [6.45, 7) is 4.03. The van der Waals surface area contributed by atoms with Crippen molar-refractivity contribution in [2.45, 2.75) is 38.9 Å². The zero-order valence-corrected chi connectivity index (χ0v) is 12.4. The summed E-state index contributed by atoms with van der Waals surface area (Å²) < 4.78 is 38.6. The van der Waals surface area contributed by atoms with Gasteiger partial charge >= 0.3 is 6.18 Å². The molecule has 2 N–H and O–H groups in total. The predicted octanol–water partition coefficient (Wildman–Crippen LogP) is 5.22. The van der Waals surface area contributed by atoms with Crippen LogP contribution in [0.25, 0.3) is 0 Å². The van der Waals surface area contributed by atoms with E-state index in [-0.39, 0.29) is 23.0 Å². The minimum atomic E-state index is -4.42. The zero-order chi connectivity index (χ0) is 13.9. The largest absolute Gasteiger partial charge is 0.416 e. The first-order valence-corrected chi connectivity index (χ1v) is 6.22. The number of alkyl halides is 3. The number of benzene rings is 1. The number of hydrogen-bond acceptors (Lipinski definition) is 1. The van der Waals surface area contributed by atoms with Crippen LogP contribution in [0.3, 0.4) is 0 Å². The van der Waals surface area contributed by atoms with Crippen molar-refractivity contribution in [2.75, 3.05) is 0 Å². The van der Waals surface area contributed by atoms with Crippen LogP contribution < -0.4 is 5.73 Å². The van der Waals surface area contributed by atoms with Crippen LogP contribution in [0, 0.1) is 5.92 Å². The second kappa shape index (κ2) is 7.36. The van der Waals surface area contributed by atoms with Gasteiger partial charge in [0.25, 0.3) is 0 Å². The molecule has 0 fully saturated rings. The summed E-state index contributed by atoms with van der Waals surface area (Å²) >= 11 is 5.61. The highest BCUT2D eigenvalue weighted by Gasteiger charge is 2.34. The quantitative estimate of drug-likeness (QED) is 0.810. The first kappa shape index (κ1) is 18.6. The molecule has 1 atom stereocenters. The SMILES string of the molecule is CC(C)CC[C@H](N)c1ccc(Cl)cc1C(F)(F)F.Cl. The summed E-state index contributed by atoms with van der Waals surface area (Å²) in [5.74, 6) is 0.415. The zero-order valence-electron chi connectivity index (χ0n) is 10.8. The second-order valence-corrected chi connectivity index (χ2v) is 5.24. The first-order valence-electron chi connectivity index (χ1n) is 5.84. The fourth-order valence-corrected chi connectivity index (χ4v) is 1.94. The number of hydrogen-bond donors (Lipinski definition) is 1. The van der Waals surface area contributed by atoms with Crippen molar-refractivity contribution in [1.29, 1.82) is 0 Å². The van der Waals surface area contributed by atoms with E-state index in [1.165, 1.54) is 12.1 Å². The van der Waals surface area contributed by atoms with Crippen molar-refractivity contribution in [3.8, 4) is 0 Å². The van der Waals surface area contributed by atoms with Gasteiger partial charge in [0.1, 0.15) is 0 Å². The topological polar surface area (TPSA) is 26.0 Å². The Balaban J connectivity index is 0.00000324. The Morgan fingerprint density at radius 3 is 2.26 bits per heavy atom. The van der Waals surface area contributed by atoms with Crippen LogP contribution in [0.2, 0.25) is 5.02 Å². The van der Waals surface area contributed by atoms with Crippen LogP contribution in [0.15, 0.2) is 18.2 Å². The minimum Gasteiger partial charge on any atom is -0.324 e. The lowest BCUT2D eigenvalue weighted by molar-refractivity contribution is -0.138. The Hall–Kier alpha value is -0.450. The molecule has 1 aromatic carbocycles. The van der Waals surface area contributed by atoms with Gasteiger partial charge in [0.2, 0.25) is 0 Å². The molecule has 0 heterocycles. The summed E-state index contributed by atoms with van der Waals surface area (Å²) in [4.78, 5) is 0. The van der Waals surface area contributed by atoms with Gasteiger partial charge in [-0.05, 0) is 36.5 Å². The third-order valence-electron chi connectivity index (χ3n) is 2.78. The summed E-state index contributed by atoms with van der Waals surface area (Å²) in [7, 11) is 0. The van der Waals surface area contributed by atoms with E-state index in [9.17, 15) is 13.2 Å². The van der Waals surface area contributed by atoms with E-state index in [0.717, 1.165) is 12.5 Å². The molecule has 0 bridgehead atoms. The van der Waals surface area contributed by atoms with Crippen LogP contribution in [0.1, 0.15) is 43.9 Å². The van der Waals surface area contributed by atoms with Crippen LogP contribution in [0.4, 0.5) is 13.2 Å². The fraction of sp³-hybridized carbons (Fsp3) is 0.538. The Bertz CT molecular complexity index is 405. The Labute approximate surface area is 122 Å². The Morgan fingerprint density at radius 1 is 1.21 bits per heavy atom. The van der Waals surface area contributed by atoms with Gasteiger partial charge in [0, 0.05) is 11.1 Å². The minimum absolute atomic E-state index is 0. The molecule has 0 spiro atoms. The maximum Gasteiger partial charge on any atom is 0.416 e. The van der Waals surface area contributed by atoms with Gasteiger partial charge in [-0.15, -0.1) is 12.4 Å². The molecule has 0 aliphatic carbocycles. The van der Waals surface area contributed by atoms with E-state index in [0.29, 0.717) is 12.3 Å². The van der Waals surface area contributed by atoms with Gasteiger partial charge in [-0.3, -0.25) is 0 Å². The van der Waals surface area contributed by atoms with E-state index in [1.54, 1.807) is 0 Å². The van der Waals surface area contributed by atoms with Crippen molar-refractivity contribution in [1.82, 2.24) is 0 Å². The fourth-order valence-electron chi connectivity index (χ4n) is 1.77. The molecule has 1 aromatic rings. The maximum absolute atomic E-state index is 12.9. The molecule has 110 valence electrons. The molecular formula is C13H18Cl2F3N. The van der Waals surface area contributed by atoms with Crippen molar-refractivity contribution in [3.05, 3.63) is 34.3 Å². The van der Waals surface area contributed by atoms with Crippen LogP contribution in [-0.2, 0) is 6.18 Å². The summed E-state index contributed by atoms with van der Waals surface area (Å²) in [5, 5.41) is 0.0714. The summed E-state index contributed by atoms with van der Waals surface area (Å²) in [6, 6.07) is 3.14. The standard InChI is InChI=1S/C13H17ClF3N.ClH/c1-8(2)3-6-12(18)10-5-4-9(14)7-11(10)13(15,16)17;/h4-5,7-8,12H,3,6,18H2,1-2H3;1H/t12-;/m0./s1. The third-order valence-corrected chi connectivity index (χ3v) is 3.01.